The first-order chi connectivity index (χ1) is 7.42. The summed E-state index contributed by atoms with van der Waals surface area (Å²) in [4.78, 5) is 2.73. The molecule has 0 bridgehead atoms. The first-order valence-electron chi connectivity index (χ1n) is 6.45. The van der Waals surface area contributed by atoms with Crippen LogP contribution in [-0.2, 0) is 0 Å². The van der Waals surface area contributed by atoms with Gasteiger partial charge >= 0.3 is 0 Å². The molecule has 3 atom stereocenters. The molecule has 3 aliphatic heterocycles. The number of piperidine rings is 1. The lowest BCUT2D eigenvalue weighted by Gasteiger charge is -2.24. The molecule has 3 aliphatic rings. The van der Waals surface area contributed by atoms with E-state index in [0.29, 0.717) is 0 Å². The van der Waals surface area contributed by atoms with Crippen LogP contribution in [0.25, 0.3) is 0 Å². The van der Waals surface area contributed by atoms with E-state index in [1.165, 1.54) is 56.9 Å². The molecule has 0 amide bonds. The molecule has 3 rings (SSSR count). The first kappa shape index (κ1) is 10.4. The Morgan fingerprint density at radius 3 is 3.07 bits per heavy atom. The SMILES string of the molecule is C1CN[C@@H]2CN(CC3CCSC3)C[C@@H]2C1. The number of rotatable bonds is 2. The normalized spacial score (nSPS) is 42.0. The summed E-state index contributed by atoms with van der Waals surface area (Å²) >= 11 is 2.15. The zero-order chi connectivity index (χ0) is 10.1. The van der Waals surface area contributed by atoms with Crippen LogP contribution in [0.1, 0.15) is 19.3 Å². The maximum Gasteiger partial charge on any atom is 0.0235 e. The minimum Gasteiger partial charge on any atom is -0.312 e. The van der Waals surface area contributed by atoms with Crippen LogP contribution in [0.5, 0.6) is 0 Å². The van der Waals surface area contributed by atoms with Gasteiger partial charge in [-0.05, 0) is 49.1 Å². The van der Waals surface area contributed by atoms with Crippen molar-refractivity contribution in [2.24, 2.45) is 11.8 Å². The van der Waals surface area contributed by atoms with Gasteiger partial charge in [-0.1, -0.05) is 0 Å². The van der Waals surface area contributed by atoms with Crippen LogP contribution < -0.4 is 5.32 Å². The lowest BCUT2D eigenvalue weighted by atomic mass is 9.94. The molecule has 0 aromatic carbocycles. The molecule has 1 N–H and O–H groups in total. The molecule has 0 aromatic rings. The maximum atomic E-state index is 3.69. The molecule has 0 spiro atoms. The summed E-state index contributed by atoms with van der Waals surface area (Å²) in [6.07, 6.45) is 4.33. The molecule has 3 fully saturated rings. The van der Waals surface area contributed by atoms with Gasteiger partial charge in [0.1, 0.15) is 0 Å². The Balaban J connectivity index is 1.51. The zero-order valence-electron chi connectivity index (χ0n) is 9.45. The fourth-order valence-corrected chi connectivity index (χ4v) is 4.65. The van der Waals surface area contributed by atoms with E-state index in [1.807, 2.05) is 0 Å². The van der Waals surface area contributed by atoms with E-state index in [2.05, 4.69) is 22.0 Å². The Hall–Kier alpha value is 0.270. The van der Waals surface area contributed by atoms with Gasteiger partial charge < -0.3 is 10.2 Å². The summed E-state index contributed by atoms with van der Waals surface area (Å²) in [7, 11) is 0. The fourth-order valence-electron chi connectivity index (χ4n) is 3.38. The molecule has 0 aromatic heterocycles. The van der Waals surface area contributed by atoms with Crippen LogP contribution in [0, 0.1) is 11.8 Å². The molecule has 0 radical (unpaired) electrons. The van der Waals surface area contributed by atoms with Crippen molar-refractivity contribution in [3.63, 3.8) is 0 Å². The lowest BCUT2D eigenvalue weighted by Crippen LogP contribution is -2.40. The Morgan fingerprint density at radius 2 is 2.27 bits per heavy atom. The second kappa shape index (κ2) is 4.64. The van der Waals surface area contributed by atoms with Crippen LogP contribution >= 0.6 is 11.8 Å². The van der Waals surface area contributed by atoms with Crippen molar-refractivity contribution in [3.8, 4) is 0 Å². The van der Waals surface area contributed by atoms with Crippen LogP contribution in [-0.4, -0.2) is 48.6 Å². The molecule has 86 valence electrons. The summed E-state index contributed by atoms with van der Waals surface area (Å²) in [5.74, 6) is 4.78. The van der Waals surface area contributed by atoms with E-state index in [9.17, 15) is 0 Å². The third kappa shape index (κ3) is 2.34. The summed E-state index contributed by atoms with van der Waals surface area (Å²) in [5, 5.41) is 3.69. The van der Waals surface area contributed by atoms with Gasteiger partial charge in [0.25, 0.3) is 0 Å². The van der Waals surface area contributed by atoms with Gasteiger partial charge in [-0.15, -0.1) is 0 Å². The minimum atomic E-state index is 0.827. The van der Waals surface area contributed by atoms with E-state index in [4.69, 9.17) is 0 Å². The van der Waals surface area contributed by atoms with Crippen molar-refractivity contribution in [2.75, 3.05) is 37.7 Å². The third-order valence-corrected chi connectivity index (χ3v) is 5.45. The molecule has 2 nitrogen and oxygen atoms in total. The van der Waals surface area contributed by atoms with Gasteiger partial charge in [0.15, 0.2) is 0 Å². The van der Waals surface area contributed by atoms with Gasteiger partial charge in [-0.25, -0.2) is 0 Å². The topological polar surface area (TPSA) is 15.3 Å². The summed E-state index contributed by atoms with van der Waals surface area (Å²) < 4.78 is 0. The number of thioether (sulfide) groups is 1. The van der Waals surface area contributed by atoms with E-state index < -0.39 is 0 Å². The van der Waals surface area contributed by atoms with Gasteiger partial charge in [0.2, 0.25) is 0 Å². The number of nitrogens with one attached hydrogen (secondary N) is 1. The van der Waals surface area contributed by atoms with Crippen molar-refractivity contribution in [1.29, 1.82) is 0 Å². The number of likely N-dealkylation sites (tertiary alicyclic amines) is 1. The lowest BCUT2D eigenvalue weighted by molar-refractivity contribution is 0.279. The van der Waals surface area contributed by atoms with Crippen LogP contribution in [0.2, 0.25) is 0 Å². The highest BCUT2D eigenvalue weighted by molar-refractivity contribution is 7.99. The molecule has 15 heavy (non-hydrogen) atoms. The standard InChI is InChI=1S/C12H22N2S/c1-2-11-7-14(8-12(11)13-4-1)6-10-3-5-15-9-10/h10-13H,1-9H2/t10?,11-,12+/m0/s1. The highest BCUT2D eigenvalue weighted by atomic mass is 32.2. The Labute approximate surface area is 97.2 Å². The van der Waals surface area contributed by atoms with E-state index in [-0.39, 0.29) is 0 Å². The zero-order valence-corrected chi connectivity index (χ0v) is 10.3. The van der Waals surface area contributed by atoms with Crippen LogP contribution in [0.3, 0.4) is 0 Å². The van der Waals surface area contributed by atoms with E-state index in [1.54, 1.807) is 0 Å². The number of hydrogen-bond acceptors (Lipinski definition) is 3. The van der Waals surface area contributed by atoms with Crippen molar-refractivity contribution < 1.29 is 0 Å². The third-order valence-electron chi connectivity index (χ3n) is 4.22. The predicted octanol–water partition coefficient (Wildman–Crippen LogP) is 1.42. The summed E-state index contributed by atoms with van der Waals surface area (Å²) in [6.45, 7) is 5.33. The quantitative estimate of drug-likeness (QED) is 0.767. The Bertz CT molecular complexity index is 202. The second-order valence-electron chi connectivity index (χ2n) is 5.41. The van der Waals surface area contributed by atoms with Crippen molar-refractivity contribution >= 4 is 11.8 Å². The Kier molecular flexibility index (Phi) is 3.23. The highest BCUT2D eigenvalue weighted by Crippen LogP contribution is 2.29. The second-order valence-corrected chi connectivity index (χ2v) is 6.56. The highest BCUT2D eigenvalue weighted by Gasteiger charge is 2.35. The maximum absolute atomic E-state index is 3.69. The molecule has 3 heteroatoms. The average molecular weight is 226 g/mol. The van der Waals surface area contributed by atoms with Crippen LogP contribution in [0.4, 0.5) is 0 Å². The summed E-state index contributed by atoms with van der Waals surface area (Å²) in [5.41, 5.74) is 0. The van der Waals surface area contributed by atoms with E-state index in [0.717, 1.165) is 17.9 Å². The molecule has 3 heterocycles. The fraction of sp³-hybridized carbons (Fsp3) is 1.00. The number of fused-ring (bicyclic) bond motifs is 1. The van der Waals surface area contributed by atoms with Crippen molar-refractivity contribution in [1.82, 2.24) is 10.2 Å². The van der Waals surface area contributed by atoms with Crippen molar-refractivity contribution in [2.45, 2.75) is 25.3 Å². The largest absolute Gasteiger partial charge is 0.312 e. The monoisotopic (exact) mass is 226 g/mol. The number of nitrogens with zero attached hydrogens (tertiary/aromatic N) is 1. The van der Waals surface area contributed by atoms with Gasteiger partial charge in [0.05, 0.1) is 0 Å². The average Bonchev–Trinajstić information content (AvgIpc) is 2.86. The molecule has 0 saturated carbocycles. The summed E-state index contributed by atoms with van der Waals surface area (Å²) in [6, 6.07) is 0.827. The molecule has 3 saturated heterocycles. The van der Waals surface area contributed by atoms with E-state index >= 15 is 0 Å². The Morgan fingerprint density at radius 1 is 1.27 bits per heavy atom. The van der Waals surface area contributed by atoms with Gasteiger partial charge in [0, 0.05) is 25.7 Å². The first-order valence-corrected chi connectivity index (χ1v) is 7.61. The number of hydrogen-bond donors (Lipinski definition) is 1. The van der Waals surface area contributed by atoms with Gasteiger partial charge in [-0.3, -0.25) is 0 Å². The predicted molar refractivity (Wildman–Crippen MR) is 66.4 cm³/mol. The van der Waals surface area contributed by atoms with Crippen LogP contribution in [0.15, 0.2) is 0 Å². The molecule has 1 unspecified atom stereocenters. The molecule has 0 aliphatic carbocycles. The molecular weight excluding hydrogens is 204 g/mol. The van der Waals surface area contributed by atoms with Crippen molar-refractivity contribution in [3.05, 3.63) is 0 Å². The molecular formula is C12H22N2S. The minimum absolute atomic E-state index is 0.827. The van der Waals surface area contributed by atoms with Gasteiger partial charge in [-0.2, -0.15) is 11.8 Å². The smallest absolute Gasteiger partial charge is 0.0235 e.